The number of fused-ring (bicyclic) bond motifs is 1. The van der Waals surface area contributed by atoms with Gasteiger partial charge in [0, 0.05) is 36.8 Å². The van der Waals surface area contributed by atoms with Gasteiger partial charge in [0.2, 0.25) is 11.8 Å². The molecule has 0 radical (unpaired) electrons. The Morgan fingerprint density at radius 3 is 2.57 bits per heavy atom. The third kappa shape index (κ3) is 4.91. The van der Waals surface area contributed by atoms with Crippen molar-refractivity contribution in [3.05, 3.63) is 59.7 Å². The van der Waals surface area contributed by atoms with E-state index in [-0.39, 0.29) is 29.4 Å². The van der Waals surface area contributed by atoms with Crippen LogP contribution in [-0.2, 0) is 21.4 Å². The van der Waals surface area contributed by atoms with Gasteiger partial charge in [-0.05, 0) is 18.2 Å². The van der Waals surface area contributed by atoms with E-state index in [0.29, 0.717) is 43.6 Å². The maximum Gasteiger partial charge on any atom is 0.242 e. The Hall–Kier alpha value is -3.50. The van der Waals surface area contributed by atoms with E-state index in [1.54, 1.807) is 28.7 Å². The molecule has 9 nitrogen and oxygen atoms in total. The summed E-state index contributed by atoms with van der Waals surface area (Å²) in [5.41, 5.74) is 3.44. The number of aryl methyl sites for hydroxylation is 1. The molecule has 0 bridgehead atoms. The monoisotopic (exact) mass is 522 g/mol. The number of carbonyl (C=O) groups is 2. The average Bonchev–Trinajstić information content (AvgIpc) is 3.21. The Morgan fingerprint density at radius 1 is 1.11 bits per heavy atom. The van der Waals surface area contributed by atoms with Crippen LogP contribution in [-0.4, -0.2) is 79.3 Å². The van der Waals surface area contributed by atoms with Crippen LogP contribution >= 0.6 is 11.8 Å². The molecule has 1 saturated heterocycles. The molecule has 0 aliphatic carbocycles. The highest BCUT2D eigenvalue weighted by molar-refractivity contribution is 8.00. The van der Waals surface area contributed by atoms with Crippen LogP contribution in [0.2, 0.25) is 0 Å². The minimum absolute atomic E-state index is 0.0535. The van der Waals surface area contributed by atoms with Crippen LogP contribution in [0.5, 0.6) is 11.5 Å². The number of thioether (sulfide) groups is 1. The average molecular weight is 523 g/mol. The van der Waals surface area contributed by atoms with Crippen molar-refractivity contribution in [1.29, 1.82) is 0 Å². The summed E-state index contributed by atoms with van der Waals surface area (Å²) in [7, 11) is 5.08. The van der Waals surface area contributed by atoms with Crippen molar-refractivity contribution in [2.45, 2.75) is 5.25 Å². The second kappa shape index (κ2) is 10.9. The van der Waals surface area contributed by atoms with Crippen molar-refractivity contribution in [1.82, 2.24) is 14.7 Å². The van der Waals surface area contributed by atoms with Crippen molar-refractivity contribution in [3.63, 3.8) is 0 Å². The second-order valence-corrected chi connectivity index (χ2v) is 9.94. The highest BCUT2D eigenvalue weighted by Crippen LogP contribution is 2.50. The van der Waals surface area contributed by atoms with Gasteiger partial charge >= 0.3 is 0 Å². The first-order chi connectivity index (χ1) is 18.0. The molecule has 194 valence electrons. The largest absolute Gasteiger partial charge is 0.497 e. The van der Waals surface area contributed by atoms with Crippen LogP contribution in [0.3, 0.4) is 0 Å². The molecular weight excluding hydrogens is 492 g/mol. The summed E-state index contributed by atoms with van der Waals surface area (Å²) in [4.78, 5) is 30.2. The van der Waals surface area contributed by atoms with Gasteiger partial charge in [0.15, 0.2) is 0 Å². The van der Waals surface area contributed by atoms with Crippen molar-refractivity contribution >= 4 is 29.4 Å². The predicted molar refractivity (Wildman–Crippen MR) is 142 cm³/mol. The van der Waals surface area contributed by atoms with Crippen molar-refractivity contribution in [2.24, 2.45) is 7.05 Å². The summed E-state index contributed by atoms with van der Waals surface area (Å²) in [5, 5.41) is 4.59. The lowest BCUT2D eigenvalue weighted by atomic mass is 9.98. The molecule has 10 heteroatoms. The van der Waals surface area contributed by atoms with Crippen LogP contribution < -0.4 is 14.4 Å². The number of ether oxygens (including phenoxy) is 3. The highest BCUT2D eigenvalue weighted by Gasteiger charge is 2.38. The minimum atomic E-state index is -0.281. The molecule has 1 atom stereocenters. The summed E-state index contributed by atoms with van der Waals surface area (Å²) in [6, 6.07) is 15.6. The molecule has 2 aliphatic heterocycles. The molecule has 1 fully saturated rings. The van der Waals surface area contributed by atoms with E-state index >= 15 is 0 Å². The number of aromatic nitrogens is 2. The van der Waals surface area contributed by atoms with E-state index in [0.717, 1.165) is 22.4 Å². The maximum atomic E-state index is 13.6. The SMILES string of the molecule is COc1ccc(OC)c(C2SCC(=O)N(CC(=O)N3CCOCC3)c3c2c(-c2ccccc2)nn3C)c1. The predicted octanol–water partition coefficient (Wildman–Crippen LogP) is 3.13. The van der Waals surface area contributed by atoms with Gasteiger partial charge in [-0.2, -0.15) is 5.10 Å². The number of nitrogens with zero attached hydrogens (tertiary/aromatic N) is 4. The molecule has 2 aromatic carbocycles. The number of morpholine rings is 1. The zero-order valence-corrected chi connectivity index (χ0v) is 22.0. The molecule has 0 N–H and O–H groups in total. The van der Waals surface area contributed by atoms with Gasteiger partial charge in [-0.1, -0.05) is 30.3 Å². The zero-order valence-electron chi connectivity index (χ0n) is 21.2. The zero-order chi connectivity index (χ0) is 25.9. The van der Waals surface area contributed by atoms with E-state index in [1.807, 2.05) is 55.6 Å². The normalized spacial score (nSPS) is 17.8. The number of rotatable bonds is 6. The number of benzene rings is 2. The van der Waals surface area contributed by atoms with Crippen LogP contribution in [0.4, 0.5) is 5.82 Å². The third-order valence-electron chi connectivity index (χ3n) is 6.67. The Labute approximate surface area is 220 Å². The molecule has 0 spiro atoms. The molecule has 1 unspecified atom stereocenters. The molecular formula is C27H30N4O5S. The van der Waals surface area contributed by atoms with E-state index in [2.05, 4.69) is 0 Å². The lowest BCUT2D eigenvalue weighted by molar-refractivity contribution is -0.134. The topological polar surface area (TPSA) is 86.1 Å². The Morgan fingerprint density at radius 2 is 1.86 bits per heavy atom. The quantitative estimate of drug-likeness (QED) is 0.492. The standard InChI is InChI=1S/C27H30N4O5S/c1-29-27-24(25(28-29)18-7-5-4-6-8-18)26(20-15-19(34-2)9-10-21(20)35-3)37-17-23(33)31(27)16-22(32)30-11-13-36-14-12-30/h4-10,15,26H,11-14,16-17H2,1-3H3. The van der Waals surface area contributed by atoms with E-state index in [1.165, 1.54) is 11.8 Å². The number of amides is 2. The summed E-state index contributed by atoms with van der Waals surface area (Å²) in [6.45, 7) is 1.99. The fourth-order valence-corrected chi connectivity index (χ4v) is 6.05. The number of carbonyl (C=O) groups excluding carboxylic acids is 2. The van der Waals surface area contributed by atoms with Crippen LogP contribution in [0.1, 0.15) is 16.4 Å². The fraction of sp³-hybridized carbons (Fsp3) is 0.370. The minimum Gasteiger partial charge on any atom is -0.497 e. The van der Waals surface area contributed by atoms with Gasteiger partial charge < -0.3 is 19.1 Å². The molecule has 5 rings (SSSR count). The molecule has 1 aromatic heterocycles. The molecule has 37 heavy (non-hydrogen) atoms. The molecule has 0 saturated carbocycles. The van der Waals surface area contributed by atoms with Crippen molar-refractivity contribution in [2.75, 3.05) is 57.7 Å². The lowest BCUT2D eigenvalue weighted by Gasteiger charge is -2.30. The second-order valence-electron chi connectivity index (χ2n) is 8.85. The van der Waals surface area contributed by atoms with Gasteiger partial charge in [0.1, 0.15) is 23.9 Å². The van der Waals surface area contributed by atoms with Crippen LogP contribution in [0, 0.1) is 0 Å². The van der Waals surface area contributed by atoms with E-state index in [9.17, 15) is 9.59 Å². The van der Waals surface area contributed by atoms with Crippen molar-refractivity contribution < 1.29 is 23.8 Å². The van der Waals surface area contributed by atoms with Crippen LogP contribution in [0.15, 0.2) is 48.5 Å². The van der Waals surface area contributed by atoms with Gasteiger partial charge in [0.25, 0.3) is 0 Å². The number of anilines is 1. The Balaban J connectivity index is 1.66. The smallest absolute Gasteiger partial charge is 0.242 e. The number of hydrogen-bond acceptors (Lipinski definition) is 7. The number of methoxy groups -OCH3 is 2. The van der Waals surface area contributed by atoms with Gasteiger partial charge in [0.05, 0.1) is 44.1 Å². The molecule has 2 aliphatic rings. The first-order valence-electron chi connectivity index (χ1n) is 12.1. The van der Waals surface area contributed by atoms with E-state index < -0.39 is 0 Å². The first kappa shape index (κ1) is 25.2. The van der Waals surface area contributed by atoms with Crippen molar-refractivity contribution in [3.8, 4) is 22.8 Å². The summed E-state index contributed by atoms with van der Waals surface area (Å²) in [5.74, 6) is 1.96. The third-order valence-corrected chi connectivity index (χ3v) is 7.91. The highest BCUT2D eigenvalue weighted by atomic mass is 32.2. The van der Waals surface area contributed by atoms with Gasteiger partial charge in [-0.15, -0.1) is 11.8 Å². The number of hydrogen-bond donors (Lipinski definition) is 0. The molecule has 2 amide bonds. The Kier molecular flexibility index (Phi) is 7.38. The molecule has 3 aromatic rings. The van der Waals surface area contributed by atoms with Gasteiger partial charge in [-0.3, -0.25) is 19.2 Å². The Bertz CT molecular complexity index is 1290. The van der Waals surface area contributed by atoms with E-state index in [4.69, 9.17) is 19.3 Å². The summed E-state index contributed by atoms with van der Waals surface area (Å²) in [6.07, 6.45) is 0. The summed E-state index contributed by atoms with van der Waals surface area (Å²) >= 11 is 1.50. The fourth-order valence-electron chi connectivity index (χ4n) is 4.84. The molecule has 3 heterocycles. The maximum absolute atomic E-state index is 13.6. The first-order valence-corrected chi connectivity index (χ1v) is 13.2. The van der Waals surface area contributed by atoms with Crippen LogP contribution in [0.25, 0.3) is 11.3 Å². The lowest BCUT2D eigenvalue weighted by Crippen LogP contribution is -2.48. The summed E-state index contributed by atoms with van der Waals surface area (Å²) < 4.78 is 18.4. The van der Waals surface area contributed by atoms with Gasteiger partial charge in [-0.25, -0.2) is 0 Å².